The number of nitrogens with zero attached hydrogens (tertiary/aromatic N) is 1. The average molecular weight is 307 g/mol. The van der Waals surface area contributed by atoms with Crippen LogP contribution in [0.1, 0.15) is 18.9 Å². The van der Waals surface area contributed by atoms with Gasteiger partial charge in [-0.2, -0.15) is 0 Å². The fraction of sp³-hybridized carbons (Fsp3) is 0.500. The highest BCUT2D eigenvalue weighted by atomic mass is 16.6. The minimum absolute atomic E-state index is 0.158. The second kappa shape index (κ2) is 6.79. The molecule has 0 N–H and O–H groups in total. The number of ether oxygens (including phenoxy) is 3. The van der Waals surface area contributed by atoms with Crippen LogP contribution in [0.4, 0.5) is 4.79 Å². The number of carbonyl (C=O) groups excluding carboxylic acids is 2. The van der Waals surface area contributed by atoms with E-state index in [1.54, 1.807) is 14.0 Å². The van der Waals surface area contributed by atoms with Crippen molar-refractivity contribution in [1.82, 2.24) is 4.90 Å². The van der Waals surface area contributed by atoms with Crippen LogP contribution in [-0.4, -0.2) is 49.4 Å². The summed E-state index contributed by atoms with van der Waals surface area (Å²) in [5.41, 5.74) is -0.179. The second-order valence-corrected chi connectivity index (χ2v) is 5.48. The molecule has 1 amide bonds. The summed E-state index contributed by atoms with van der Waals surface area (Å²) in [6.07, 6.45) is -0.374. The third kappa shape index (κ3) is 3.22. The highest BCUT2D eigenvalue weighted by molar-refractivity contribution is 5.86. The van der Waals surface area contributed by atoms with Gasteiger partial charge in [-0.3, -0.25) is 4.90 Å². The van der Waals surface area contributed by atoms with E-state index in [1.807, 2.05) is 30.3 Å². The van der Waals surface area contributed by atoms with E-state index in [-0.39, 0.29) is 12.7 Å². The molecule has 120 valence electrons. The molecule has 1 heterocycles. The van der Waals surface area contributed by atoms with Crippen molar-refractivity contribution in [3.8, 4) is 0 Å². The van der Waals surface area contributed by atoms with Gasteiger partial charge in [0.1, 0.15) is 12.1 Å². The number of likely N-dealkylation sites (tertiary alicyclic amines) is 1. The lowest BCUT2D eigenvalue weighted by molar-refractivity contribution is -0.151. The highest BCUT2D eigenvalue weighted by Gasteiger charge is 2.51. The number of hydrogen-bond acceptors (Lipinski definition) is 5. The normalized spacial score (nSPS) is 24.1. The van der Waals surface area contributed by atoms with Crippen LogP contribution in [0.5, 0.6) is 0 Å². The molecule has 0 bridgehead atoms. The quantitative estimate of drug-likeness (QED) is 0.796. The summed E-state index contributed by atoms with van der Waals surface area (Å²) in [6.45, 7) is 2.13. The Morgan fingerprint density at radius 1 is 1.27 bits per heavy atom. The van der Waals surface area contributed by atoms with Gasteiger partial charge in [0.15, 0.2) is 0 Å². The van der Waals surface area contributed by atoms with Crippen molar-refractivity contribution in [3.05, 3.63) is 35.9 Å². The third-order valence-corrected chi connectivity index (χ3v) is 3.99. The lowest BCUT2D eigenvalue weighted by Gasteiger charge is -2.31. The fourth-order valence-corrected chi connectivity index (χ4v) is 2.67. The van der Waals surface area contributed by atoms with E-state index in [0.29, 0.717) is 13.0 Å². The minimum Gasteiger partial charge on any atom is -0.467 e. The minimum atomic E-state index is -1.07. The van der Waals surface area contributed by atoms with Gasteiger partial charge in [0, 0.05) is 13.5 Å². The second-order valence-electron chi connectivity index (χ2n) is 5.48. The number of rotatable bonds is 4. The molecule has 1 saturated heterocycles. The molecule has 0 radical (unpaired) electrons. The SMILES string of the molecule is COC(=O)[C@]1(C)C[C@@H](OC)CN1C(=O)OCc1ccccc1. The van der Waals surface area contributed by atoms with Gasteiger partial charge in [0.25, 0.3) is 0 Å². The van der Waals surface area contributed by atoms with E-state index in [9.17, 15) is 9.59 Å². The van der Waals surface area contributed by atoms with Gasteiger partial charge in [0.2, 0.25) is 0 Å². The Balaban J connectivity index is 2.07. The summed E-state index contributed by atoms with van der Waals surface area (Å²) >= 11 is 0. The molecule has 22 heavy (non-hydrogen) atoms. The molecule has 1 fully saturated rings. The maximum Gasteiger partial charge on any atom is 0.411 e. The van der Waals surface area contributed by atoms with E-state index >= 15 is 0 Å². The number of methoxy groups -OCH3 is 2. The fourth-order valence-electron chi connectivity index (χ4n) is 2.67. The largest absolute Gasteiger partial charge is 0.467 e. The Bertz CT molecular complexity index is 533. The molecule has 0 aromatic heterocycles. The van der Waals surface area contributed by atoms with Gasteiger partial charge in [-0.1, -0.05) is 30.3 Å². The van der Waals surface area contributed by atoms with Crippen molar-refractivity contribution in [3.63, 3.8) is 0 Å². The van der Waals surface area contributed by atoms with Gasteiger partial charge in [-0.05, 0) is 12.5 Å². The molecule has 1 aliphatic rings. The Hall–Kier alpha value is -2.08. The maximum atomic E-state index is 12.4. The molecular weight excluding hydrogens is 286 g/mol. The monoisotopic (exact) mass is 307 g/mol. The van der Waals surface area contributed by atoms with Gasteiger partial charge >= 0.3 is 12.1 Å². The summed E-state index contributed by atoms with van der Waals surface area (Å²) in [5.74, 6) is -0.469. The van der Waals surface area contributed by atoms with E-state index in [2.05, 4.69) is 0 Å². The summed E-state index contributed by atoms with van der Waals surface area (Å²) in [6, 6.07) is 9.38. The summed E-state index contributed by atoms with van der Waals surface area (Å²) < 4.78 is 15.4. The molecule has 1 aromatic carbocycles. The molecule has 2 rings (SSSR count). The van der Waals surface area contributed by atoms with Crippen molar-refractivity contribution in [2.75, 3.05) is 20.8 Å². The zero-order valence-corrected chi connectivity index (χ0v) is 13.1. The first-order valence-corrected chi connectivity index (χ1v) is 7.11. The first-order valence-electron chi connectivity index (χ1n) is 7.11. The average Bonchev–Trinajstić information content (AvgIpc) is 2.91. The number of esters is 1. The zero-order valence-electron chi connectivity index (χ0n) is 13.1. The van der Waals surface area contributed by atoms with Crippen molar-refractivity contribution < 1.29 is 23.8 Å². The summed E-state index contributed by atoms with van der Waals surface area (Å²) in [7, 11) is 2.86. The maximum absolute atomic E-state index is 12.4. The van der Waals surface area contributed by atoms with Crippen LogP contribution < -0.4 is 0 Å². The van der Waals surface area contributed by atoms with Crippen molar-refractivity contribution in [1.29, 1.82) is 0 Å². The molecule has 0 saturated carbocycles. The highest BCUT2D eigenvalue weighted by Crippen LogP contribution is 2.32. The Morgan fingerprint density at radius 2 is 1.95 bits per heavy atom. The van der Waals surface area contributed by atoms with E-state index in [4.69, 9.17) is 14.2 Å². The van der Waals surface area contributed by atoms with Crippen LogP contribution in [0.15, 0.2) is 30.3 Å². The standard InChI is InChI=1S/C16H21NO5/c1-16(14(18)21-3)9-13(20-2)10-17(16)15(19)22-11-12-7-5-4-6-8-12/h4-8,13H,9-11H2,1-3H3/t13-,16+/m1/s1. The predicted octanol–water partition coefficient (Wildman–Crippen LogP) is 1.98. The van der Waals surface area contributed by atoms with Crippen LogP contribution in [0.3, 0.4) is 0 Å². The first kappa shape index (κ1) is 16.3. The van der Waals surface area contributed by atoms with Crippen LogP contribution >= 0.6 is 0 Å². The summed E-state index contributed by atoms with van der Waals surface area (Å²) in [5, 5.41) is 0. The van der Waals surface area contributed by atoms with Gasteiger partial charge in [-0.25, -0.2) is 9.59 Å². The number of benzene rings is 1. The number of amides is 1. The Labute approximate surface area is 129 Å². The zero-order chi connectivity index (χ0) is 16.2. The van der Waals surface area contributed by atoms with Gasteiger partial charge < -0.3 is 14.2 Å². The van der Waals surface area contributed by atoms with Crippen molar-refractivity contribution >= 4 is 12.1 Å². The van der Waals surface area contributed by atoms with Crippen LogP contribution in [0, 0.1) is 0 Å². The Kier molecular flexibility index (Phi) is 5.03. The molecule has 6 heteroatoms. The lowest BCUT2D eigenvalue weighted by atomic mass is 9.98. The van der Waals surface area contributed by atoms with Gasteiger partial charge in [-0.15, -0.1) is 0 Å². The predicted molar refractivity (Wildman–Crippen MR) is 79.2 cm³/mol. The molecule has 0 unspecified atom stereocenters. The third-order valence-electron chi connectivity index (χ3n) is 3.99. The van der Waals surface area contributed by atoms with E-state index in [0.717, 1.165) is 5.56 Å². The smallest absolute Gasteiger partial charge is 0.411 e. The number of carbonyl (C=O) groups is 2. The van der Waals surface area contributed by atoms with Gasteiger partial charge in [0.05, 0.1) is 19.8 Å². The molecule has 1 aliphatic heterocycles. The molecule has 2 atom stereocenters. The van der Waals surface area contributed by atoms with E-state index in [1.165, 1.54) is 12.0 Å². The van der Waals surface area contributed by atoms with Crippen LogP contribution in [0.25, 0.3) is 0 Å². The lowest BCUT2D eigenvalue weighted by Crippen LogP contribution is -2.51. The van der Waals surface area contributed by atoms with Crippen molar-refractivity contribution in [2.24, 2.45) is 0 Å². The number of hydrogen-bond donors (Lipinski definition) is 0. The molecule has 0 aliphatic carbocycles. The topological polar surface area (TPSA) is 65.1 Å². The molecule has 1 aromatic rings. The summed E-state index contributed by atoms with van der Waals surface area (Å²) in [4.78, 5) is 25.8. The van der Waals surface area contributed by atoms with Crippen LogP contribution in [0.2, 0.25) is 0 Å². The Morgan fingerprint density at radius 3 is 2.55 bits per heavy atom. The molecular formula is C16H21NO5. The molecule has 6 nitrogen and oxygen atoms in total. The van der Waals surface area contributed by atoms with Crippen LogP contribution in [-0.2, 0) is 25.6 Å². The van der Waals surface area contributed by atoms with E-state index < -0.39 is 17.6 Å². The van der Waals surface area contributed by atoms with Crippen molar-refractivity contribution in [2.45, 2.75) is 31.6 Å². The first-order chi connectivity index (χ1) is 10.5. The molecule has 0 spiro atoms.